The molecule has 3 heterocycles. The summed E-state index contributed by atoms with van der Waals surface area (Å²) in [6.45, 7) is 17.8. The van der Waals surface area contributed by atoms with Crippen molar-refractivity contribution in [3.05, 3.63) is 12.2 Å². The van der Waals surface area contributed by atoms with E-state index in [1.54, 1.807) is 6.92 Å². The number of aliphatic hydroxyl groups excluding tert-OH is 7. The van der Waals surface area contributed by atoms with Gasteiger partial charge in [-0.2, -0.15) is 0 Å². The van der Waals surface area contributed by atoms with Crippen molar-refractivity contribution in [3.63, 3.8) is 0 Å². The molecule has 3 saturated heterocycles. The second-order valence-electron chi connectivity index (χ2n) is 24.3. The number of carboxylic acid groups (broad SMARTS) is 3. The van der Waals surface area contributed by atoms with Gasteiger partial charge in [0.1, 0.15) is 61.0 Å². The number of carboxylic acids is 3. The molecule has 10 N–H and O–H groups in total. The van der Waals surface area contributed by atoms with Crippen molar-refractivity contribution < 1.29 is 103 Å². The molecule has 5 aliphatic carbocycles. The molecule has 0 radical (unpaired) electrons. The molecule has 8 rings (SSSR count). The number of esters is 1. The fourth-order valence-corrected chi connectivity index (χ4v) is 15.6. The van der Waals surface area contributed by atoms with Crippen molar-refractivity contribution in [3.8, 4) is 0 Å². The van der Waals surface area contributed by atoms with Crippen molar-refractivity contribution >= 4 is 23.9 Å². The van der Waals surface area contributed by atoms with Crippen molar-refractivity contribution in [2.75, 3.05) is 0 Å². The van der Waals surface area contributed by atoms with Gasteiger partial charge in [0.15, 0.2) is 31.1 Å². The van der Waals surface area contributed by atoms with Gasteiger partial charge in [0.25, 0.3) is 0 Å². The summed E-state index contributed by atoms with van der Waals surface area (Å²) in [6.07, 6.45) is -20.7. The van der Waals surface area contributed by atoms with Crippen LogP contribution in [0.4, 0.5) is 0 Å². The maximum absolute atomic E-state index is 12.9. The summed E-state index contributed by atoms with van der Waals surface area (Å²) in [5, 5.41) is 107. The van der Waals surface area contributed by atoms with E-state index in [1.165, 1.54) is 13.8 Å². The van der Waals surface area contributed by atoms with Gasteiger partial charge in [-0.25, -0.2) is 9.59 Å². The van der Waals surface area contributed by atoms with Crippen LogP contribution in [0.1, 0.15) is 114 Å². The standard InChI is InChI=1S/C50H76O21/c1-20-28(52)29(53)34(58)41(65-20)70-38-33(57)31(55)36(40(61)62)69-43(38)71-37-32(56)30(54)35(39(59)60)68-42(37)67-22-16-45(3,4)25-12-13-50(9)26(48(25,7)17-22)11-10-23-24-18-46(5,44(63)64)19-27(66-21(2)51)47(24,6)14-15-49(23,50)8/h10-11,20,22-38,41-43,52-58H,12-19H2,1-9H3,(H,59,60)(H,61,62)(H,63,64)/t20-,22+,23?,24?,25?,26?,27+,28-,29+,30-,31-,32-,33-,34+,35-,36-,37+,38+,41-,42+,43-,46+,47+,48-,49?,50+/m0/s1. The first-order valence-corrected chi connectivity index (χ1v) is 25.1. The molecule has 21 heteroatoms. The van der Waals surface area contributed by atoms with Gasteiger partial charge < -0.3 is 84.2 Å². The van der Waals surface area contributed by atoms with Crippen LogP contribution in [0.2, 0.25) is 0 Å². The van der Waals surface area contributed by atoms with E-state index in [-0.39, 0.29) is 40.9 Å². The minimum atomic E-state index is -2.17. The van der Waals surface area contributed by atoms with Gasteiger partial charge in [0, 0.05) is 18.8 Å². The van der Waals surface area contributed by atoms with Crippen molar-refractivity contribution in [1.29, 1.82) is 0 Å². The maximum atomic E-state index is 12.9. The number of hydrogen-bond donors (Lipinski definition) is 10. The van der Waals surface area contributed by atoms with E-state index in [0.717, 1.165) is 25.7 Å². The third-order valence-electron chi connectivity index (χ3n) is 19.7. The molecule has 21 nitrogen and oxygen atoms in total. The Kier molecular flexibility index (Phi) is 14.3. The number of hydrogen-bond acceptors (Lipinski definition) is 18. The van der Waals surface area contributed by atoms with Gasteiger partial charge in [0.05, 0.1) is 17.6 Å². The van der Waals surface area contributed by atoms with E-state index in [9.17, 15) is 70.2 Å². The Bertz CT molecular complexity index is 2090. The average molecular weight is 1010 g/mol. The van der Waals surface area contributed by atoms with Gasteiger partial charge >= 0.3 is 23.9 Å². The molecule has 0 spiro atoms. The van der Waals surface area contributed by atoms with E-state index in [4.69, 9.17) is 33.2 Å². The molecule has 3 aliphatic heterocycles. The molecule has 5 unspecified atom stereocenters. The molecule has 26 atom stereocenters. The van der Waals surface area contributed by atoms with Crippen LogP contribution in [0.25, 0.3) is 0 Å². The van der Waals surface area contributed by atoms with Crippen LogP contribution < -0.4 is 0 Å². The minimum absolute atomic E-state index is 0.0408. The lowest BCUT2D eigenvalue weighted by Crippen LogP contribution is -2.68. The molecule has 0 amide bonds. The first-order chi connectivity index (χ1) is 32.8. The van der Waals surface area contributed by atoms with E-state index in [1.807, 2.05) is 0 Å². The summed E-state index contributed by atoms with van der Waals surface area (Å²) < 4.78 is 41.9. The minimum Gasteiger partial charge on any atom is -0.481 e. The fourth-order valence-electron chi connectivity index (χ4n) is 15.6. The fraction of sp³-hybridized carbons (Fsp3) is 0.880. The zero-order chi connectivity index (χ0) is 52.5. The monoisotopic (exact) mass is 1010 g/mol. The van der Waals surface area contributed by atoms with Crippen molar-refractivity contribution in [2.45, 2.75) is 218 Å². The number of ether oxygens (including phenoxy) is 7. The second kappa shape index (κ2) is 18.7. The number of carbonyl (C=O) groups excluding carboxylic acids is 1. The summed E-state index contributed by atoms with van der Waals surface area (Å²) in [4.78, 5) is 50.3. The Labute approximate surface area is 412 Å². The summed E-state index contributed by atoms with van der Waals surface area (Å²) in [5.41, 5.74) is -3.12. The number of aliphatic hydroxyl groups is 7. The van der Waals surface area contributed by atoms with Crippen LogP contribution in [-0.2, 0) is 52.3 Å². The Balaban J connectivity index is 1.11. The molecule has 0 aromatic rings. The molecule has 71 heavy (non-hydrogen) atoms. The third kappa shape index (κ3) is 8.77. The van der Waals surface area contributed by atoms with Gasteiger partial charge in [-0.1, -0.05) is 53.7 Å². The van der Waals surface area contributed by atoms with Crippen LogP contribution in [0.15, 0.2) is 12.2 Å². The SMILES string of the molecule is CC(=O)O[C@@H]1C[C@](C)(C(=O)O)CC2C3C=CC4[C@@]5(C)C[C@H](O[C@@H]6O[C@H](C(=O)O)[C@@H](O)[C@H](O)[C@H]6O[C@@H]6O[C@H](C(=O)O)[C@@H](O)[C@H](O)[C@H]6O[C@@H]6O[C@@H](C)[C@H](O)[C@@H](O)[C@H]6O)CC(C)(C)C5CC[C@@]4(C)C3(C)CC[C@]21C. The smallest absolute Gasteiger partial charge is 0.335 e. The van der Waals surface area contributed by atoms with Gasteiger partial charge in [0.2, 0.25) is 0 Å². The summed E-state index contributed by atoms with van der Waals surface area (Å²) in [7, 11) is 0. The number of aliphatic carboxylic acids is 3. The second-order valence-corrected chi connectivity index (χ2v) is 24.3. The van der Waals surface area contributed by atoms with Crippen LogP contribution in [0.5, 0.6) is 0 Å². The molecule has 8 aliphatic rings. The highest BCUT2D eigenvalue weighted by atomic mass is 16.8. The van der Waals surface area contributed by atoms with Crippen molar-refractivity contribution in [2.24, 2.45) is 56.2 Å². The topological polar surface area (TPSA) is 335 Å². The lowest BCUT2D eigenvalue weighted by molar-refractivity contribution is -0.391. The van der Waals surface area contributed by atoms with Crippen LogP contribution in [-0.4, -0.2) is 179 Å². The number of allylic oxidation sites excluding steroid dienone is 2. The zero-order valence-electron chi connectivity index (χ0n) is 41.9. The Morgan fingerprint density at radius 2 is 1.14 bits per heavy atom. The number of carbonyl (C=O) groups is 4. The number of fused-ring (bicyclic) bond motifs is 7. The van der Waals surface area contributed by atoms with Crippen LogP contribution in [0.3, 0.4) is 0 Å². The van der Waals surface area contributed by atoms with E-state index >= 15 is 0 Å². The first-order valence-electron chi connectivity index (χ1n) is 25.1. The highest BCUT2D eigenvalue weighted by molar-refractivity contribution is 5.75. The quantitative estimate of drug-likeness (QED) is 0.0838. The van der Waals surface area contributed by atoms with E-state index in [0.29, 0.717) is 19.3 Å². The predicted molar refractivity (Wildman–Crippen MR) is 241 cm³/mol. The predicted octanol–water partition coefficient (Wildman–Crippen LogP) is 1.32. The molecule has 0 bridgehead atoms. The zero-order valence-corrected chi connectivity index (χ0v) is 41.9. The molecule has 402 valence electrons. The van der Waals surface area contributed by atoms with Gasteiger partial charge in [-0.3, -0.25) is 9.59 Å². The molecular formula is C50H76O21. The highest BCUT2D eigenvalue weighted by Crippen LogP contribution is 2.76. The molecule has 4 saturated carbocycles. The highest BCUT2D eigenvalue weighted by Gasteiger charge is 2.71. The van der Waals surface area contributed by atoms with Crippen LogP contribution in [0, 0.1) is 56.2 Å². The largest absolute Gasteiger partial charge is 0.481 e. The average Bonchev–Trinajstić information content (AvgIpc) is 3.26. The van der Waals surface area contributed by atoms with Gasteiger partial charge in [-0.15, -0.1) is 0 Å². The molecule has 0 aromatic heterocycles. The Morgan fingerprint density at radius 3 is 1.69 bits per heavy atom. The van der Waals surface area contributed by atoms with Crippen LogP contribution >= 0.6 is 0 Å². The Morgan fingerprint density at radius 1 is 0.577 bits per heavy atom. The summed E-state index contributed by atoms with van der Waals surface area (Å²) in [6, 6.07) is 0. The van der Waals surface area contributed by atoms with E-state index in [2.05, 4.69) is 53.7 Å². The Hall–Kier alpha value is -2.90. The first kappa shape index (κ1) is 54.4. The third-order valence-corrected chi connectivity index (χ3v) is 19.7. The summed E-state index contributed by atoms with van der Waals surface area (Å²) >= 11 is 0. The summed E-state index contributed by atoms with van der Waals surface area (Å²) in [5.74, 6) is -4.79. The van der Waals surface area contributed by atoms with Gasteiger partial charge in [-0.05, 0) is 104 Å². The molecular weight excluding hydrogens is 937 g/mol. The number of rotatable bonds is 10. The normalized spacial score (nSPS) is 53.5. The van der Waals surface area contributed by atoms with E-state index < -0.39 is 150 Å². The lowest BCUT2D eigenvalue weighted by Gasteiger charge is -2.72. The lowest BCUT2D eigenvalue weighted by atomic mass is 9.33. The molecule has 7 fully saturated rings. The van der Waals surface area contributed by atoms with Crippen molar-refractivity contribution in [1.82, 2.24) is 0 Å². The maximum Gasteiger partial charge on any atom is 0.335 e. The molecule has 0 aromatic carbocycles.